The molecule has 0 aliphatic carbocycles. The summed E-state index contributed by atoms with van der Waals surface area (Å²) in [7, 11) is 0. The molecule has 0 saturated heterocycles. The number of aliphatic carboxylic acids is 1. The zero-order chi connectivity index (χ0) is 10.4. The van der Waals surface area contributed by atoms with Gasteiger partial charge >= 0.3 is 89.1 Å². The third kappa shape index (κ3) is 3.92. The standard InChI is InChI=1S/C10H13NO2Se/c11-9(10(12)13)7-14-6-8-4-2-1-3-5-8/h1-5,9H,6-7,11H2,(H,12,13)/t9-/m0/s1. The third-order valence-corrected chi connectivity index (χ3v) is 4.10. The quantitative estimate of drug-likeness (QED) is 0.765. The molecule has 0 aromatic heterocycles. The molecule has 0 spiro atoms. The van der Waals surface area contributed by atoms with E-state index in [-0.39, 0.29) is 15.0 Å². The van der Waals surface area contributed by atoms with Crippen molar-refractivity contribution in [2.75, 3.05) is 0 Å². The van der Waals surface area contributed by atoms with E-state index in [1.54, 1.807) is 0 Å². The number of benzene rings is 1. The van der Waals surface area contributed by atoms with Crippen LogP contribution in [0.3, 0.4) is 0 Å². The van der Waals surface area contributed by atoms with E-state index in [1.807, 2.05) is 30.3 Å². The van der Waals surface area contributed by atoms with Gasteiger partial charge in [-0.25, -0.2) is 0 Å². The maximum absolute atomic E-state index is 10.4. The Balaban J connectivity index is 2.26. The van der Waals surface area contributed by atoms with Crippen LogP contribution in [0.2, 0.25) is 5.32 Å². The van der Waals surface area contributed by atoms with Crippen molar-refractivity contribution in [3.63, 3.8) is 0 Å². The second-order valence-corrected chi connectivity index (χ2v) is 5.11. The van der Waals surface area contributed by atoms with Gasteiger partial charge in [-0.15, -0.1) is 0 Å². The predicted octanol–water partition coefficient (Wildman–Crippen LogP) is 0.721. The number of carbonyl (C=O) groups is 1. The van der Waals surface area contributed by atoms with E-state index in [0.717, 1.165) is 5.32 Å². The van der Waals surface area contributed by atoms with Crippen LogP contribution in [-0.4, -0.2) is 32.1 Å². The topological polar surface area (TPSA) is 63.3 Å². The minimum absolute atomic E-state index is 0.277. The Labute approximate surface area is 89.5 Å². The molecular formula is C10H13NO2Se. The molecule has 14 heavy (non-hydrogen) atoms. The summed E-state index contributed by atoms with van der Waals surface area (Å²) in [5.41, 5.74) is 6.65. The number of nitrogens with two attached hydrogens (primary N) is 1. The van der Waals surface area contributed by atoms with Crippen LogP contribution in [0.1, 0.15) is 5.56 Å². The van der Waals surface area contributed by atoms with Crippen molar-refractivity contribution in [3.8, 4) is 0 Å². The van der Waals surface area contributed by atoms with Gasteiger partial charge in [-0.1, -0.05) is 0 Å². The van der Waals surface area contributed by atoms with Crippen LogP contribution in [0.15, 0.2) is 30.3 Å². The number of rotatable bonds is 5. The zero-order valence-corrected chi connectivity index (χ0v) is 9.43. The molecule has 0 bridgehead atoms. The number of hydrogen-bond acceptors (Lipinski definition) is 2. The van der Waals surface area contributed by atoms with Crippen molar-refractivity contribution < 1.29 is 9.90 Å². The van der Waals surface area contributed by atoms with E-state index in [0.29, 0.717) is 5.32 Å². The molecule has 1 aromatic carbocycles. The van der Waals surface area contributed by atoms with Crippen molar-refractivity contribution in [3.05, 3.63) is 35.9 Å². The van der Waals surface area contributed by atoms with E-state index in [1.165, 1.54) is 5.56 Å². The molecule has 0 heterocycles. The molecule has 0 fully saturated rings. The maximum atomic E-state index is 10.4. The monoisotopic (exact) mass is 259 g/mol. The molecule has 76 valence electrons. The van der Waals surface area contributed by atoms with Crippen LogP contribution < -0.4 is 5.73 Å². The molecule has 1 rings (SSSR count). The van der Waals surface area contributed by atoms with Crippen LogP contribution in [0.5, 0.6) is 0 Å². The van der Waals surface area contributed by atoms with Gasteiger partial charge in [0.2, 0.25) is 0 Å². The van der Waals surface area contributed by atoms with E-state index in [9.17, 15) is 4.79 Å². The molecule has 0 aliphatic heterocycles. The molecule has 3 N–H and O–H groups in total. The summed E-state index contributed by atoms with van der Waals surface area (Å²) in [5, 5.41) is 10.1. The normalized spacial score (nSPS) is 12.4. The Bertz CT molecular complexity index is 289. The first-order valence-electron chi connectivity index (χ1n) is 4.30. The number of hydrogen-bond donors (Lipinski definition) is 2. The molecule has 0 aliphatic rings. The summed E-state index contributed by atoms with van der Waals surface area (Å²) in [6, 6.07) is 9.35. The van der Waals surface area contributed by atoms with Gasteiger partial charge in [0.15, 0.2) is 0 Å². The SMILES string of the molecule is N[C@@H](C[Se]Cc1ccccc1)C(=O)O. The van der Waals surface area contributed by atoms with E-state index >= 15 is 0 Å². The average Bonchev–Trinajstić information content (AvgIpc) is 2.19. The van der Waals surface area contributed by atoms with Gasteiger partial charge in [0.25, 0.3) is 0 Å². The summed E-state index contributed by atoms with van der Waals surface area (Å²) >= 11 is 0.277. The Hall–Kier alpha value is -0.831. The van der Waals surface area contributed by atoms with Gasteiger partial charge in [-0.2, -0.15) is 0 Å². The minimum atomic E-state index is -0.903. The van der Waals surface area contributed by atoms with Crippen molar-refractivity contribution in [1.82, 2.24) is 0 Å². The first-order chi connectivity index (χ1) is 6.70. The molecule has 0 amide bonds. The molecule has 1 atom stereocenters. The van der Waals surface area contributed by atoms with Crippen LogP contribution >= 0.6 is 0 Å². The predicted molar refractivity (Wildman–Crippen MR) is 56.3 cm³/mol. The Morgan fingerprint density at radius 1 is 1.43 bits per heavy atom. The van der Waals surface area contributed by atoms with E-state index < -0.39 is 12.0 Å². The molecule has 0 radical (unpaired) electrons. The zero-order valence-electron chi connectivity index (χ0n) is 7.72. The fourth-order valence-electron chi connectivity index (χ4n) is 0.949. The van der Waals surface area contributed by atoms with Crippen LogP contribution in [-0.2, 0) is 10.1 Å². The summed E-state index contributed by atoms with van der Waals surface area (Å²) in [4.78, 5) is 10.4. The molecular weight excluding hydrogens is 245 g/mol. The van der Waals surface area contributed by atoms with E-state index in [4.69, 9.17) is 10.8 Å². The van der Waals surface area contributed by atoms with Crippen molar-refractivity contribution in [2.45, 2.75) is 16.7 Å². The van der Waals surface area contributed by atoms with Gasteiger partial charge < -0.3 is 0 Å². The van der Waals surface area contributed by atoms with E-state index in [2.05, 4.69) is 0 Å². The van der Waals surface area contributed by atoms with Gasteiger partial charge in [0, 0.05) is 0 Å². The van der Waals surface area contributed by atoms with Gasteiger partial charge in [0.05, 0.1) is 0 Å². The Morgan fingerprint density at radius 3 is 2.64 bits per heavy atom. The first kappa shape index (κ1) is 11.2. The third-order valence-electron chi connectivity index (χ3n) is 1.73. The summed E-state index contributed by atoms with van der Waals surface area (Å²) in [6.45, 7) is 0. The van der Waals surface area contributed by atoms with Crippen LogP contribution in [0.4, 0.5) is 0 Å². The summed E-state index contributed by atoms with van der Waals surface area (Å²) in [5.74, 6) is -0.903. The molecule has 0 unspecified atom stereocenters. The van der Waals surface area contributed by atoms with Gasteiger partial charge in [-0.3, -0.25) is 0 Å². The fraction of sp³-hybridized carbons (Fsp3) is 0.300. The fourth-order valence-corrected chi connectivity index (χ4v) is 2.93. The molecule has 4 heteroatoms. The van der Waals surface area contributed by atoms with Crippen molar-refractivity contribution >= 4 is 20.9 Å². The second kappa shape index (κ2) is 5.81. The Morgan fingerprint density at radius 2 is 2.07 bits per heavy atom. The molecule has 1 aromatic rings. The number of carboxylic acid groups (broad SMARTS) is 1. The Kier molecular flexibility index (Phi) is 4.66. The average molecular weight is 258 g/mol. The van der Waals surface area contributed by atoms with Crippen molar-refractivity contribution in [1.29, 1.82) is 0 Å². The van der Waals surface area contributed by atoms with Crippen LogP contribution in [0.25, 0.3) is 0 Å². The summed E-state index contributed by atoms with van der Waals surface area (Å²) in [6.07, 6.45) is 0. The van der Waals surface area contributed by atoms with Gasteiger partial charge in [0.1, 0.15) is 0 Å². The molecule has 0 saturated carbocycles. The number of carboxylic acids is 1. The van der Waals surface area contributed by atoms with Crippen LogP contribution in [0, 0.1) is 0 Å². The van der Waals surface area contributed by atoms with Gasteiger partial charge in [-0.05, 0) is 0 Å². The second-order valence-electron chi connectivity index (χ2n) is 2.95. The summed E-state index contributed by atoms with van der Waals surface area (Å²) < 4.78 is 0. The molecule has 3 nitrogen and oxygen atoms in total. The first-order valence-corrected chi connectivity index (χ1v) is 6.72. The van der Waals surface area contributed by atoms with Crippen molar-refractivity contribution in [2.24, 2.45) is 5.73 Å².